The number of nitrogens with one attached hydrogen (secondary N) is 1. The number of carbonyl (C=O) groups is 1. The van der Waals surface area contributed by atoms with Crippen molar-refractivity contribution in [2.45, 2.75) is 6.92 Å². The van der Waals surface area contributed by atoms with Crippen molar-refractivity contribution in [3.63, 3.8) is 0 Å². The van der Waals surface area contributed by atoms with Crippen molar-refractivity contribution < 1.29 is 9.72 Å². The number of nitrogens with zero attached hydrogens (tertiary/aromatic N) is 4. The minimum absolute atomic E-state index is 0.135. The van der Waals surface area contributed by atoms with E-state index in [4.69, 9.17) is 5.53 Å². The van der Waals surface area contributed by atoms with Crippen LogP contribution in [0.1, 0.15) is 15.9 Å². The number of nitro benzene ring substituents is 1. The number of carbonyl (C=O) groups excluding carboxylic acids is 1. The normalized spacial score (nSPS) is 9.39. The zero-order valence-electron chi connectivity index (χ0n) is 9.66. The summed E-state index contributed by atoms with van der Waals surface area (Å²) in [6, 6.07) is 4.07. The summed E-state index contributed by atoms with van der Waals surface area (Å²) in [6.45, 7) is 2.01. The Bertz CT molecular complexity index is 522. The Labute approximate surface area is 102 Å². The summed E-state index contributed by atoms with van der Waals surface area (Å²) >= 11 is 0. The number of hydrogen-bond acceptors (Lipinski definition) is 4. The molecule has 18 heavy (non-hydrogen) atoms. The maximum Gasteiger partial charge on any atom is 0.270 e. The van der Waals surface area contributed by atoms with Gasteiger partial charge in [0.05, 0.1) is 4.92 Å². The summed E-state index contributed by atoms with van der Waals surface area (Å²) in [4.78, 5) is 24.3. The van der Waals surface area contributed by atoms with Gasteiger partial charge in [-0.2, -0.15) is 0 Å². The van der Waals surface area contributed by atoms with E-state index >= 15 is 0 Å². The Balaban J connectivity index is 2.81. The van der Waals surface area contributed by atoms with E-state index in [-0.39, 0.29) is 24.3 Å². The Morgan fingerprint density at radius 2 is 2.33 bits per heavy atom. The second kappa shape index (κ2) is 6.21. The molecule has 1 aromatic rings. The molecule has 1 rings (SSSR count). The summed E-state index contributed by atoms with van der Waals surface area (Å²) in [5.41, 5.74) is 8.80. The monoisotopic (exact) mass is 249 g/mol. The second-order valence-electron chi connectivity index (χ2n) is 3.47. The average molecular weight is 249 g/mol. The molecular weight excluding hydrogens is 238 g/mol. The van der Waals surface area contributed by atoms with Gasteiger partial charge in [-0.1, -0.05) is 11.2 Å². The highest BCUT2D eigenvalue weighted by Crippen LogP contribution is 2.17. The van der Waals surface area contributed by atoms with Crippen molar-refractivity contribution in [2.75, 3.05) is 13.1 Å². The highest BCUT2D eigenvalue weighted by Gasteiger charge is 2.13. The van der Waals surface area contributed by atoms with Crippen LogP contribution < -0.4 is 5.32 Å². The van der Waals surface area contributed by atoms with Gasteiger partial charge in [0.15, 0.2) is 0 Å². The van der Waals surface area contributed by atoms with Crippen LogP contribution >= 0.6 is 0 Å². The highest BCUT2D eigenvalue weighted by molar-refractivity contribution is 5.96. The molecule has 94 valence electrons. The molecule has 1 amide bonds. The quantitative estimate of drug-likeness (QED) is 0.214. The molecule has 0 aliphatic rings. The number of nitro groups is 1. The molecule has 0 unspecified atom stereocenters. The van der Waals surface area contributed by atoms with E-state index in [9.17, 15) is 14.9 Å². The molecule has 0 atom stereocenters. The molecule has 8 nitrogen and oxygen atoms in total. The van der Waals surface area contributed by atoms with Crippen molar-refractivity contribution in [2.24, 2.45) is 5.11 Å². The fourth-order valence-electron chi connectivity index (χ4n) is 1.33. The lowest BCUT2D eigenvalue weighted by atomic mass is 10.1. The van der Waals surface area contributed by atoms with Crippen LogP contribution in [0.5, 0.6) is 0 Å². The number of non-ortho nitro benzene ring substituents is 1. The molecule has 8 heteroatoms. The maximum absolute atomic E-state index is 11.7. The maximum atomic E-state index is 11.7. The second-order valence-corrected chi connectivity index (χ2v) is 3.47. The van der Waals surface area contributed by atoms with E-state index in [1.165, 1.54) is 18.2 Å². The largest absolute Gasteiger partial charge is 0.352 e. The molecule has 0 radical (unpaired) electrons. The van der Waals surface area contributed by atoms with Crippen molar-refractivity contribution in [1.29, 1.82) is 0 Å². The van der Waals surface area contributed by atoms with Gasteiger partial charge < -0.3 is 5.32 Å². The average Bonchev–Trinajstić information content (AvgIpc) is 2.34. The Morgan fingerprint density at radius 1 is 1.61 bits per heavy atom. The molecular formula is C10H11N5O3. The van der Waals surface area contributed by atoms with E-state index in [2.05, 4.69) is 15.3 Å². The molecule has 0 bridgehead atoms. The summed E-state index contributed by atoms with van der Waals surface area (Å²) in [7, 11) is 0. The molecule has 0 fully saturated rings. The number of azide groups is 1. The van der Waals surface area contributed by atoms with E-state index in [1.807, 2.05) is 0 Å². The van der Waals surface area contributed by atoms with E-state index in [0.29, 0.717) is 5.56 Å². The van der Waals surface area contributed by atoms with Crippen LogP contribution in [0.3, 0.4) is 0 Å². The lowest BCUT2D eigenvalue weighted by Gasteiger charge is -2.06. The van der Waals surface area contributed by atoms with Gasteiger partial charge in [0.25, 0.3) is 11.6 Å². The van der Waals surface area contributed by atoms with Crippen LogP contribution in [0.4, 0.5) is 5.69 Å². The summed E-state index contributed by atoms with van der Waals surface area (Å²) in [6.07, 6.45) is 0. The lowest BCUT2D eigenvalue weighted by Crippen LogP contribution is -2.26. The van der Waals surface area contributed by atoms with E-state index in [1.54, 1.807) is 6.92 Å². The first-order valence-electron chi connectivity index (χ1n) is 5.10. The van der Waals surface area contributed by atoms with Crippen molar-refractivity contribution in [3.8, 4) is 0 Å². The zero-order valence-corrected chi connectivity index (χ0v) is 9.66. The van der Waals surface area contributed by atoms with Crippen molar-refractivity contribution in [1.82, 2.24) is 5.32 Å². The van der Waals surface area contributed by atoms with Gasteiger partial charge in [-0.25, -0.2) is 0 Å². The van der Waals surface area contributed by atoms with Gasteiger partial charge in [0, 0.05) is 35.7 Å². The summed E-state index contributed by atoms with van der Waals surface area (Å²) in [5, 5.41) is 16.4. The fraction of sp³-hybridized carbons (Fsp3) is 0.300. The number of amides is 1. The van der Waals surface area contributed by atoms with Crippen LogP contribution in [0.2, 0.25) is 0 Å². The Morgan fingerprint density at radius 3 is 2.94 bits per heavy atom. The van der Waals surface area contributed by atoms with Gasteiger partial charge in [-0.15, -0.1) is 0 Å². The van der Waals surface area contributed by atoms with Crippen LogP contribution in [0.15, 0.2) is 23.3 Å². The summed E-state index contributed by atoms with van der Waals surface area (Å²) < 4.78 is 0. The molecule has 0 heterocycles. The molecule has 0 saturated carbocycles. The Kier molecular flexibility index (Phi) is 4.65. The van der Waals surface area contributed by atoms with Crippen LogP contribution in [-0.4, -0.2) is 23.9 Å². The molecule has 1 aromatic carbocycles. The number of hydrogen-bond donors (Lipinski definition) is 1. The predicted octanol–water partition coefficient (Wildman–Crippen LogP) is 1.94. The topological polar surface area (TPSA) is 121 Å². The Hall–Kier alpha value is -2.60. The zero-order chi connectivity index (χ0) is 13.5. The molecule has 0 saturated heterocycles. The predicted molar refractivity (Wildman–Crippen MR) is 64.2 cm³/mol. The van der Waals surface area contributed by atoms with Gasteiger partial charge in [0.2, 0.25) is 0 Å². The molecule has 0 aromatic heterocycles. The SMILES string of the molecule is Cc1ccc([N+](=O)[O-])cc1C(=O)NCCN=[N+]=[N-]. The highest BCUT2D eigenvalue weighted by atomic mass is 16.6. The minimum atomic E-state index is -0.559. The third-order valence-corrected chi connectivity index (χ3v) is 2.24. The third-order valence-electron chi connectivity index (χ3n) is 2.24. The molecule has 1 N–H and O–H groups in total. The molecule has 0 spiro atoms. The minimum Gasteiger partial charge on any atom is -0.352 e. The molecule has 0 aliphatic carbocycles. The van der Waals surface area contributed by atoms with Crippen molar-refractivity contribution in [3.05, 3.63) is 49.9 Å². The standard InChI is InChI=1S/C10H11N5O3/c1-7-2-3-8(15(17)18)6-9(7)10(16)12-4-5-13-14-11/h2-3,6H,4-5H2,1H3,(H,12,16). The third kappa shape index (κ3) is 3.46. The lowest BCUT2D eigenvalue weighted by molar-refractivity contribution is -0.384. The van der Waals surface area contributed by atoms with Crippen LogP contribution in [0, 0.1) is 17.0 Å². The van der Waals surface area contributed by atoms with Gasteiger partial charge >= 0.3 is 0 Å². The number of aryl methyl sites for hydroxylation is 1. The van der Waals surface area contributed by atoms with Crippen LogP contribution in [0.25, 0.3) is 10.4 Å². The first-order valence-corrected chi connectivity index (χ1v) is 5.10. The molecule has 0 aliphatic heterocycles. The number of rotatable bonds is 5. The van der Waals surface area contributed by atoms with Gasteiger partial charge in [-0.3, -0.25) is 14.9 Å². The first-order chi connectivity index (χ1) is 8.56. The smallest absolute Gasteiger partial charge is 0.270 e. The van der Waals surface area contributed by atoms with E-state index in [0.717, 1.165) is 0 Å². The van der Waals surface area contributed by atoms with E-state index < -0.39 is 10.8 Å². The summed E-state index contributed by atoms with van der Waals surface area (Å²) in [5.74, 6) is -0.427. The fourth-order valence-corrected chi connectivity index (χ4v) is 1.33. The van der Waals surface area contributed by atoms with Crippen LogP contribution in [-0.2, 0) is 0 Å². The van der Waals surface area contributed by atoms with Gasteiger partial charge in [-0.05, 0) is 18.0 Å². The van der Waals surface area contributed by atoms with Crippen molar-refractivity contribution >= 4 is 11.6 Å². The van der Waals surface area contributed by atoms with Gasteiger partial charge in [0.1, 0.15) is 0 Å². The first kappa shape index (κ1) is 13.5. The number of benzene rings is 1.